The summed E-state index contributed by atoms with van der Waals surface area (Å²) in [5, 5.41) is 12.1. The summed E-state index contributed by atoms with van der Waals surface area (Å²) >= 11 is 0. The normalized spacial score (nSPS) is 15.9. The number of likely N-dealkylation sites (N-methyl/N-ethyl adjacent to an activating group) is 1. The Bertz CT molecular complexity index is 1040. The molecule has 0 fully saturated rings. The van der Waals surface area contributed by atoms with Crippen molar-refractivity contribution in [3.8, 4) is 6.07 Å². The zero-order valence-electron chi connectivity index (χ0n) is 13.2. The molecule has 1 aliphatic rings. The zero-order valence-corrected chi connectivity index (χ0v) is 13.2. The van der Waals surface area contributed by atoms with Crippen molar-refractivity contribution in [3.63, 3.8) is 0 Å². The molecule has 4 heteroatoms. The van der Waals surface area contributed by atoms with Crippen LogP contribution in [-0.4, -0.2) is 17.9 Å². The quantitative estimate of drug-likeness (QED) is 0.597. The molecular weight excluding hydrogens is 286 g/mol. The Morgan fingerprint density at radius 1 is 1.13 bits per heavy atom. The molecule has 0 spiro atoms. The molecule has 4 rings (SSSR count). The summed E-state index contributed by atoms with van der Waals surface area (Å²) in [6.07, 6.45) is 1.77. The first-order chi connectivity index (χ1) is 11.0. The van der Waals surface area contributed by atoms with E-state index in [0.717, 1.165) is 32.9 Å². The molecule has 0 unspecified atom stereocenters. The van der Waals surface area contributed by atoms with Crippen molar-refractivity contribution in [2.45, 2.75) is 19.3 Å². The van der Waals surface area contributed by atoms with Crippen LogP contribution < -0.4 is 4.90 Å². The fourth-order valence-corrected chi connectivity index (χ4v) is 3.66. The fraction of sp³-hybridized carbons (Fsp3) is 0.211. The van der Waals surface area contributed by atoms with Crippen molar-refractivity contribution in [1.29, 1.82) is 5.26 Å². The molecule has 112 valence electrons. The molecule has 0 bridgehead atoms. The molecular formula is C19H15N3O. The highest BCUT2D eigenvalue weighted by Gasteiger charge is 2.43. The van der Waals surface area contributed by atoms with Crippen molar-refractivity contribution in [2.75, 3.05) is 11.9 Å². The van der Waals surface area contributed by atoms with E-state index >= 15 is 0 Å². The molecule has 2 aromatic carbocycles. The van der Waals surface area contributed by atoms with Crippen LogP contribution in [0.4, 0.5) is 5.69 Å². The largest absolute Gasteiger partial charge is 0.313 e. The van der Waals surface area contributed by atoms with Crippen molar-refractivity contribution < 1.29 is 4.79 Å². The van der Waals surface area contributed by atoms with Crippen LogP contribution in [-0.2, 0) is 10.2 Å². The summed E-state index contributed by atoms with van der Waals surface area (Å²) in [5.74, 6) is 0.0765. The van der Waals surface area contributed by atoms with Crippen LogP contribution in [0.3, 0.4) is 0 Å². The van der Waals surface area contributed by atoms with E-state index in [1.165, 1.54) is 0 Å². The number of hydrogen-bond donors (Lipinski definition) is 0. The summed E-state index contributed by atoms with van der Waals surface area (Å²) in [7, 11) is 1.79. The van der Waals surface area contributed by atoms with Gasteiger partial charge in [-0.3, -0.25) is 9.78 Å². The smallest absolute Gasteiger partial charge is 0.236 e. The Balaban J connectivity index is 2.19. The van der Waals surface area contributed by atoms with E-state index in [1.807, 2.05) is 44.2 Å². The highest BCUT2D eigenvalue weighted by atomic mass is 16.2. The number of nitriles is 1. The molecule has 4 nitrogen and oxygen atoms in total. The van der Waals surface area contributed by atoms with Gasteiger partial charge in [0.15, 0.2) is 0 Å². The van der Waals surface area contributed by atoms with Gasteiger partial charge >= 0.3 is 0 Å². The maximum Gasteiger partial charge on any atom is 0.236 e. The second kappa shape index (κ2) is 4.30. The Hall–Kier alpha value is -2.93. The van der Waals surface area contributed by atoms with E-state index in [4.69, 9.17) is 0 Å². The van der Waals surface area contributed by atoms with Gasteiger partial charge in [-0.15, -0.1) is 0 Å². The average molecular weight is 301 g/mol. The molecule has 0 radical (unpaired) electrons. The van der Waals surface area contributed by atoms with Gasteiger partial charge < -0.3 is 4.90 Å². The van der Waals surface area contributed by atoms with E-state index in [2.05, 4.69) is 11.1 Å². The van der Waals surface area contributed by atoms with Crippen LogP contribution in [0.2, 0.25) is 0 Å². The van der Waals surface area contributed by atoms with E-state index in [-0.39, 0.29) is 5.91 Å². The number of carbonyl (C=O) groups excluding carboxylic acids is 1. The first-order valence-corrected chi connectivity index (χ1v) is 7.50. The topological polar surface area (TPSA) is 57.0 Å². The second-order valence-corrected chi connectivity index (χ2v) is 6.48. The summed E-state index contributed by atoms with van der Waals surface area (Å²) in [5.41, 5.74) is 2.78. The SMILES string of the molecule is CN1C(=O)C(C)(C)c2c1cnc1c2ccc2c(C#N)cccc21. The van der Waals surface area contributed by atoms with Gasteiger partial charge in [0.2, 0.25) is 5.91 Å². The minimum Gasteiger partial charge on any atom is -0.313 e. The van der Waals surface area contributed by atoms with Gasteiger partial charge in [0.25, 0.3) is 0 Å². The number of carbonyl (C=O) groups is 1. The third-order valence-corrected chi connectivity index (χ3v) is 4.82. The number of benzene rings is 2. The Labute approximate surface area is 134 Å². The van der Waals surface area contributed by atoms with E-state index in [1.54, 1.807) is 18.1 Å². The molecule has 0 saturated heterocycles. The minimum absolute atomic E-state index is 0.0765. The number of pyridine rings is 1. The summed E-state index contributed by atoms with van der Waals surface area (Å²) < 4.78 is 0. The highest BCUT2D eigenvalue weighted by molar-refractivity contribution is 6.15. The summed E-state index contributed by atoms with van der Waals surface area (Å²) in [6.45, 7) is 3.90. The number of amides is 1. The number of aromatic nitrogens is 1. The van der Waals surface area contributed by atoms with E-state index in [0.29, 0.717) is 5.56 Å². The first kappa shape index (κ1) is 13.7. The monoisotopic (exact) mass is 301 g/mol. The number of anilines is 1. The number of nitrogens with zero attached hydrogens (tertiary/aromatic N) is 3. The number of fused-ring (bicyclic) bond motifs is 5. The molecule has 2 heterocycles. The lowest BCUT2D eigenvalue weighted by Gasteiger charge is -2.18. The molecule has 3 aromatic rings. The lowest BCUT2D eigenvalue weighted by Crippen LogP contribution is -2.33. The van der Waals surface area contributed by atoms with Crippen molar-refractivity contribution in [1.82, 2.24) is 4.98 Å². The first-order valence-electron chi connectivity index (χ1n) is 7.50. The molecule has 23 heavy (non-hydrogen) atoms. The van der Waals surface area contributed by atoms with Crippen LogP contribution in [0.25, 0.3) is 21.7 Å². The predicted octanol–water partition coefficient (Wildman–Crippen LogP) is 3.51. The van der Waals surface area contributed by atoms with Crippen LogP contribution in [0.1, 0.15) is 25.0 Å². The maximum atomic E-state index is 12.5. The van der Waals surface area contributed by atoms with Gasteiger partial charge in [-0.2, -0.15) is 5.26 Å². The van der Waals surface area contributed by atoms with Crippen molar-refractivity contribution >= 4 is 33.3 Å². The van der Waals surface area contributed by atoms with Gasteiger partial charge in [-0.25, -0.2) is 0 Å². The highest BCUT2D eigenvalue weighted by Crippen LogP contribution is 2.45. The van der Waals surface area contributed by atoms with Gasteiger partial charge in [-0.05, 0) is 19.9 Å². The summed E-state index contributed by atoms with van der Waals surface area (Å²) in [4.78, 5) is 18.8. The standard InChI is InChI=1S/C19H15N3O/c1-19(2)16-14-8-7-12-11(9-20)5-4-6-13(12)17(14)21-10-15(16)22(3)18(19)23/h4-8,10H,1-3H3. The van der Waals surface area contributed by atoms with E-state index in [9.17, 15) is 10.1 Å². The lowest BCUT2D eigenvalue weighted by molar-refractivity contribution is -0.121. The average Bonchev–Trinajstić information content (AvgIpc) is 2.74. The second-order valence-electron chi connectivity index (χ2n) is 6.48. The van der Waals surface area contributed by atoms with Crippen LogP contribution in [0, 0.1) is 11.3 Å². The minimum atomic E-state index is -0.578. The van der Waals surface area contributed by atoms with Crippen molar-refractivity contribution in [2.24, 2.45) is 0 Å². The van der Waals surface area contributed by atoms with Gasteiger partial charge in [0, 0.05) is 28.8 Å². The molecule has 0 atom stereocenters. The van der Waals surface area contributed by atoms with Gasteiger partial charge in [0.1, 0.15) is 0 Å². The number of hydrogen-bond acceptors (Lipinski definition) is 3. The van der Waals surface area contributed by atoms with Crippen LogP contribution >= 0.6 is 0 Å². The molecule has 0 saturated carbocycles. The van der Waals surface area contributed by atoms with Crippen LogP contribution in [0.5, 0.6) is 0 Å². The van der Waals surface area contributed by atoms with Gasteiger partial charge in [-0.1, -0.05) is 24.3 Å². The predicted molar refractivity (Wildman–Crippen MR) is 90.4 cm³/mol. The third-order valence-electron chi connectivity index (χ3n) is 4.82. The Morgan fingerprint density at radius 3 is 2.61 bits per heavy atom. The molecule has 0 aliphatic carbocycles. The van der Waals surface area contributed by atoms with E-state index < -0.39 is 5.41 Å². The van der Waals surface area contributed by atoms with Crippen LogP contribution in [0.15, 0.2) is 36.5 Å². The zero-order chi connectivity index (χ0) is 16.4. The Kier molecular flexibility index (Phi) is 2.56. The Morgan fingerprint density at radius 2 is 1.87 bits per heavy atom. The molecule has 1 amide bonds. The maximum absolute atomic E-state index is 12.5. The molecule has 0 N–H and O–H groups in total. The van der Waals surface area contributed by atoms with Gasteiger partial charge in [0.05, 0.1) is 34.4 Å². The molecule has 1 aromatic heterocycles. The fourth-order valence-electron chi connectivity index (χ4n) is 3.66. The molecule has 1 aliphatic heterocycles. The van der Waals surface area contributed by atoms with Crippen molar-refractivity contribution in [3.05, 3.63) is 47.7 Å². The number of rotatable bonds is 0. The third kappa shape index (κ3) is 1.59. The lowest BCUT2D eigenvalue weighted by atomic mass is 9.83. The summed E-state index contributed by atoms with van der Waals surface area (Å²) in [6, 6.07) is 11.8.